The zero-order chi connectivity index (χ0) is 23.2. The van der Waals surface area contributed by atoms with Gasteiger partial charge in [-0.25, -0.2) is 4.18 Å². The number of ether oxygens (including phenoxy) is 2. The second-order valence-electron chi connectivity index (χ2n) is 6.56. The number of carbonyl (C=O) groups excluding carboxylic acids is 1. The van der Waals surface area contributed by atoms with E-state index in [9.17, 15) is 49.0 Å². The Balaban J connectivity index is 3.10. The van der Waals surface area contributed by atoms with Gasteiger partial charge in [0.2, 0.25) is 5.91 Å². The van der Waals surface area contributed by atoms with Gasteiger partial charge in [-0.3, -0.25) is 9.35 Å². The first-order valence-corrected chi connectivity index (χ1v) is 10.0. The molecule has 1 amide bonds. The Morgan fingerprint density at radius 3 is 2.20 bits per heavy atom. The lowest BCUT2D eigenvalue weighted by atomic mass is 9.98. The predicted octanol–water partition coefficient (Wildman–Crippen LogP) is -5.79. The lowest BCUT2D eigenvalue weighted by Gasteiger charge is -2.42. The normalized spacial score (nSPS) is 31.6. The maximum atomic E-state index is 11.2. The first kappa shape index (κ1) is 27.0. The van der Waals surface area contributed by atoms with Crippen molar-refractivity contribution in [2.75, 3.05) is 19.8 Å². The van der Waals surface area contributed by atoms with Crippen LogP contribution < -0.4 is 5.32 Å². The largest absolute Gasteiger partial charge is 0.397 e. The molecule has 0 bridgehead atoms. The molecule has 1 aliphatic heterocycles. The summed E-state index contributed by atoms with van der Waals surface area (Å²) in [6.07, 6.45) is -14.7. The second-order valence-corrected chi connectivity index (χ2v) is 7.65. The molecule has 9 atom stereocenters. The lowest BCUT2D eigenvalue weighted by molar-refractivity contribution is -0.325. The third kappa shape index (κ3) is 7.59. The lowest BCUT2D eigenvalue weighted by Crippen LogP contribution is -2.62. The minimum absolute atomic E-state index is 0.691. The van der Waals surface area contributed by atoms with Crippen LogP contribution in [0.3, 0.4) is 0 Å². The van der Waals surface area contributed by atoms with Gasteiger partial charge in [-0.05, 0) is 0 Å². The number of hydrogen-bond acceptors (Lipinski definition) is 13. The molecule has 0 saturated carbocycles. The smallest absolute Gasteiger partial charge is 0.394 e. The van der Waals surface area contributed by atoms with Gasteiger partial charge < -0.3 is 50.5 Å². The van der Waals surface area contributed by atoms with Crippen LogP contribution in [0.5, 0.6) is 0 Å². The molecule has 178 valence electrons. The summed E-state index contributed by atoms with van der Waals surface area (Å²) in [6.45, 7) is -1.77. The average molecular weight is 465 g/mol. The molecule has 0 aromatic carbocycles. The van der Waals surface area contributed by atoms with Gasteiger partial charge in [-0.1, -0.05) is 0 Å². The molecule has 1 fully saturated rings. The topological polar surface area (TPSA) is 253 Å². The summed E-state index contributed by atoms with van der Waals surface area (Å²) in [5.41, 5.74) is 0. The fraction of sp³-hybridized carbons (Fsp3) is 0.929. The molecule has 1 aliphatic rings. The fourth-order valence-corrected chi connectivity index (χ4v) is 3.02. The van der Waals surface area contributed by atoms with Crippen molar-refractivity contribution in [1.29, 1.82) is 0 Å². The Morgan fingerprint density at radius 2 is 1.73 bits per heavy atom. The molecular formula is C14H27NO14S. The van der Waals surface area contributed by atoms with Crippen LogP contribution in [-0.2, 0) is 28.9 Å². The van der Waals surface area contributed by atoms with E-state index in [0.717, 1.165) is 6.92 Å². The average Bonchev–Trinajstić information content (AvgIpc) is 2.66. The minimum atomic E-state index is -5.00. The van der Waals surface area contributed by atoms with E-state index in [0.29, 0.717) is 0 Å². The number of nitrogens with one attached hydrogen (secondary N) is 1. The van der Waals surface area contributed by atoms with Gasteiger partial charge in [0.15, 0.2) is 6.29 Å². The second kappa shape index (κ2) is 11.6. The molecule has 0 aliphatic carbocycles. The van der Waals surface area contributed by atoms with Crippen molar-refractivity contribution >= 4 is 16.3 Å². The van der Waals surface area contributed by atoms with Crippen LogP contribution in [-0.4, -0.2) is 130 Å². The van der Waals surface area contributed by atoms with Gasteiger partial charge in [0.25, 0.3) is 0 Å². The van der Waals surface area contributed by atoms with E-state index >= 15 is 0 Å². The molecule has 0 aromatic rings. The highest BCUT2D eigenvalue weighted by Gasteiger charge is 2.47. The molecule has 0 aromatic heterocycles. The van der Waals surface area contributed by atoms with E-state index in [4.69, 9.17) is 14.0 Å². The van der Waals surface area contributed by atoms with Crippen LogP contribution in [0.1, 0.15) is 6.92 Å². The molecule has 1 heterocycles. The van der Waals surface area contributed by atoms with Crippen molar-refractivity contribution in [1.82, 2.24) is 5.32 Å². The van der Waals surface area contributed by atoms with E-state index in [-0.39, 0.29) is 0 Å². The van der Waals surface area contributed by atoms with E-state index in [1.165, 1.54) is 0 Å². The molecule has 0 spiro atoms. The highest BCUT2D eigenvalue weighted by Crippen LogP contribution is 2.25. The zero-order valence-corrected chi connectivity index (χ0v) is 16.6. The Morgan fingerprint density at radius 1 is 1.13 bits per heavy atom. The molecule has 0 radical (unpaired) electrons. The van der Waals surface area contributed by atoms with E-state index in [2.05, 4.69) is 9.50 Å². The molecule has 1 saturated heterocycles. The number of carbonyl (C=O) groups is 1. The number of amides is 1. The van der Waals surface area contributed by atoms with Crippen LogP contribution in [0.4, 0.5) is 0 Å². The highest BCUT2D eigenvalue weighted by atomic mass is 32.3. The first-order valence-electron chi connectivity index (χ1n) is 8.64. The number of hydrogen-bond donors (Lipinski definition) is 9. The van der Waals surface area contributed by atoms with Gasteiger partial charge in [-0.2, -0.15) is 8.42 Å². The summed E-state index contributed by atoms with van der Waals surface area (Å²) >= 11 is 0. The maximum absolute atomic E-state index is 11.2. The molecule has 15 nitrogen and oxygen atoms in total. The third-order valence-electron chi connectivity index (χ3n) is 4.24. The Kier molecular flexibility index (Phi) is 10.4. The quantitative estimate of drug-likeness (QED) is 0.129. The van der Waals surface area contributed by atoms with Crippen LogP contribution in [0.25, 0.3) is 0 Å². The first-order chi connectivity index (χ1) is 13.8. The van der Waals surface area contributed by atoms with Crippen molar-refractivity contribution in [2.45, 2.75) is 62.0 Å². The van der Waals surface area contributed by atoms with Crippen LogP contribution in [0, 0.1) is 0 Å². The molecule has 16 heteroatoms. The van der Waals surface area contributed by atoms with Crippen molar-refractivity contribution in [3.8, 4) is 0 Å². The van der Waals surface area contributed by atoms with Gasteiger partial charge in [0.1, 0.15) is 42.7 Å². The summed E-state index contributed by atoms with van der Waals surface area (Å²) in [5.74, 6) is -0.691. The van der Waals surface area contributed by atoms with Gasteiger partial charge in [-0.15, -0.1) is 0 Å². The standard InChI is InChI=1S/C14H27NO14S/c1-5(18)15-6(2-16)9(20)13(7(19)4-27-30(24,25)26)29-14-12(23)11(22)10(21)8(3-17)28-14/h6-14,16-17,19-23H,2-4H2,1H3,(H,15,18)(H,24,25,26)/t6-,7+,8+,9+,10-,11-,12+,13+,14-/m0/s1. The summed E-state index contributed by atoms with van der Waals surface area (Å²) in [5, 5.41) is 71.0. The fourth-order valence-electron chi connectivity index (χ4n) is 2.71. The summed E-state index contributed by atoms with van der Waals surface area (Å²) < 4.78 is 44.5. The predicted molar refractivity (Wildman–Crippen MR) is 92.8 cm³/mol. The third-order valence-corrected chi connectivity index (χ3v) is 4.67. The van der Waals surface area contributed by atoms with Crippen molar-refractivity contribution in [2.24, 2.45) is 0 Å². The number of rotatable bonds is 11. The molecule has 1 rings (SSSR count). The molecule has 9 N–H and O–H groups in total. The van der Waals surface area contributed by atoms with E-state index in [1.54, 1.807) is 0 Å². The maximum Gasteiger partial charge on any atom is 0.397 e. The van der Waals surface area contributed by atoms with E-state index < -0.39 is 91.2 Å². The Labute approximate surface area is 171 Å². The van der Waals surface area contributed by atoms with Gasteiger partial charge in [0, 0.05) is 6.92 Å². The molecule has 0 unspecified atom stereocenters. The monoisotopic (exact) mass is 465 g/mol. The SMILES string of the molecule is CC(=O)N[C@@H](CO)[C@@H](O)[C@H](O[C@@H]1O[C@H](CO)[C@H](O)[C@H](O)[C@H]1O)[C@H](O)COS(=O)(=O)O. The van der Waals surface area contributed by atoms with Gasteiger partial charge in [0.05, 0.1) is 25.9 Å². The van der Waals surface area contributed by atoms with Gasteiger partial charge >= 0.3 is 10.4 Å². The Hall–Kier alpha value is -1.02. The van der Waals surface area contributed by atoms with Crippen molar-refractivity contribution in [3.63, 3.8) is 0 Å². The van der Waals surface area contributed by atoms with Crippen LogP contribution in [0.15, 0.2) is 0 Å². The number of aliphatic hydroxyl groups excluding tert-OH is 7. The van der Waals surface area contributed by atoms with E-state index in [1.807, 2.05) is 0 Å². The summed E-state index contributed by atoms with van der Waals surface area (Å²) in [7, 11) is -5.00. The van der Waals surface area contributed by atoms with Crippen molar-refractivity contribution in [3.05, 3.63) is 0 Å². The van der Waals surface area contributed by atoms with Crippen molar-refractivity contribution < 1.29 is 67.2 Å². The summed E-state index contributed by atoms with van der Waals surface area (Å²) in [6, 6.07) is -1.45. The van der Waals surface area contributed by atoms with Crippen LogP contribution in [0.2, 0.25) is 0 Å². The minimum Gasteiger partial charge on any atom is -0.394 e. The number of aliphatic hydroxyl groups is 7. The zero-order valence-electron chi connectivity index (χ0n) is 15.8. The Bertz CT molecular complexity index is 645. The highest BCUT2D eigenvalue weighted by molar-refractivity contribution is 7.80. The molecule has 30 heavy (non-hydrogen) atoms. The summed E-state index contributed by atoms with van der Waals surface area (Å²) in [4.78, 5) is 11.2. The van der Waals surface area contributed by atoms with Crippen LogP contribution >= 0.6 is 0 Å². The molecular weight excluding hydrogens is 438 g/mol.